The van der Waals surface area contributed by atoms with Crippen LogP contribution < -0.4 is 5.32 Å². The van der Waals surface area contributed by atoms with Crippen molar-refractivity contribution in [1.82, 2.24) is 5.32 Å². The number of aliphatic hydroxyl groups is 1. The van der Waals surface area contributed by atoms with Crippen molar-refractivity contribution in [2.45, 2.75) is 39.3 Å². The summed E-state index contributed by atoms with van der Waals surface area (Å²) in [4.78, 5) is 0. The third-order valence-electron chi connectivity index (χ3n) is 2.26. The Hall–Kier alpha value is -0.800. The fourth-order valence-electron chi connectivity index (χ4n) is 1.37. The van der Waals surface area contributed by atoms with Gasteiger partial charge in [0.2, 0.25) is 0 Å². The smallest absolute Gasteiger partial charge is 0.120 e. The lowest BCUT2D eigenvalue weighted by Crippen LogP contribution is -2.26. The molecule has 0 fully saturated rings. The molecule has 0 saturated carbocycles. The Balaban J connectivity index is 2.19. The van der Waals surface area contributed by atoms with Gasteiger partial charge >= 0.3 is 0 Å². The van der Waals surface area contributed by atoms with Crippen LogP contribution in [0.4, 0.5) is 0 Å². The van der Waals surface area contributed by atoms with Gasteiger partial charge in [-0.25, -0.2) is 0 Å². The van der Waals surface area contributed by atoms with Crippen LogP contribution in [0.2, 0.25) is 0 Å². The summed E-state index contributed by atoms with van der Waals surface area (Å²) in [6, 6.07) is 1.94. The number of nitrogens with one attached hydrogen (secondary N) is 1. The van der Waals surface area contributed by atoms with Crippen molar-refractivity contribution in [3.8, 4) is 0 Å². The summed E-state index contributed by atoms with van der Waals surface area (Å²) >= 11 is 0. The molecule has 2 N–H and O–H groups in total. The molecule has 0 bridgehead atoms. The van der Waals surface area contributed by atoms with Crippen LogP contribution in [0.25, 0.3) is 0 Å². The summed E-state index contributed by atoms with van der Waals surface area (Å²) in [5.74, 6) is 0.952. The molecule has 3 nitrogen and oxygen atoms in total. The Morgan fingerprint density at radius 2 is 2.36 bits per heavy atom. The molecule has 3 heteroatoms. The second-order valence-corrected chi connectivity index (χ2v) is 3.60. The minimum Gasteiger partial charge on any atom is -0.468 e. The fourth-order valence-corrected chi connectivity index (χ4v) is 1.37. The van der Waals surface area contributed by atoms with E-state index in [9.17, 15) is 5.11 Å². The molecule has 14 heavy (non-hydrogen) atoms. The quantitative estimate of drug-likeness (QED) is 0.731. The number of aliphatic hydroxyl groups excluding tert-OH is 1. The third kappa shape index (κ3) is 3.52. The molecule has 0 aliphatic heterocycles. The zero-order valence-corrected chi connectivity index (χ0v) is 8.92. The van der Waals surface area contributed by atoms with Crippen LogP contribution in [-0.2, 0) is 6.54 Å². The van der Waals surface area contributed by atoms with Gasteiger partial charge in [-0.15, -0.1) is 0 Å². The molecule has 1 rings (SSSR count). The van der Waals surface area contributed by atoms with E-state index in [0.717, 1.165) is 24.2 Å². The molecule has 1 atom stereocenters. The lowest BCUT2D eigenvalue weighted by atomic mass is 10.2. The first kappa shape index (κ1) is 11.3. The summed E-state index contributed by atoms with van der Waals surface area (Å²) in [5, 5.41) is 12.6. The zero-order valence-electron chi connectivity index (χ0n) is 8.92. The number of furan rings is 1. The van der Waals surface area contributed by atoms with Crippen molar-refractivity contribution in [2.75, 3.05) is 6.54 Å². The average molecular weight is 197 g/mol. The Morgan fingerprint density at radius 1 is 1.57 bits per heavy atom. The zero-order chi connectivity index (χ0) is 10.4. The van der Waals surface area contributed by atoms with Gasteiger partial charge in [-0.05, 0) is 25.0 Å². The van der Waals surface area contributed by atoms with Crippen LogP contribution in [0.3, 0.4) is 0 Å². The van der Waals surface area contributed by atoms with Crippen molar-refractivity contribution >= 4 is 0 Å². The number of hydrogen-bond donors (Lipinski definition) is 2. The van der Waals surface area contributed by atoms with Crippen LogP contribution in [0, 0.1) is 6.92 Å². The van der Waals surface area contributed by atoms with Crippen LogP contribution in [0.5, 0.6) is 0 Å². The van der Waals surface area contributed by atoms with Crippen LogP contribution >= 0.6 is 0 Å². The largest absolute Gasteiger partial charge is 0.468 e. The van der Waals surface area contributed by atoms with E-state index in [-0.39, 0.29) is 6.10 Å². The predicted octanol–water partition coefficient (Wildman–Crippen LogP) is 1.84. The van der Waals surface area contributed by atoms with E-state index in [1.807, 2.05) is 13.0 Å². The normalized spacial score (nSPS) is 13.1. The molecule has 0 spiro atoms. The van der Waals surface area contributed by atoms with Gasteiger partial charge in [-0.3, -0.25) is 0 Å². The molecule has 0 saturated heterocycles. The van der Waals surface area contributed by atoms with Crippen molar-refractivity contribution < 1.29 is 9.52 Å². The number of aryl methyl sites for hydroxylation is 1. The Bertz CT molecular complexity index is 258. The van der Waals surface area contributed by atoms with E-state index in [2.05, 4.69) is 12.2 Å². The molecule has 1 aromatic rings. The van der Waals surface area contributed by atoms with Crippen molar-refractivity contribution in [3.05, 3.63) is 23.7 Å². The molecule has 0 aromatic carbocycles. The highest BCUT2D eigenvalue weighted by atomic mass is 16.3. The standard InChI is InChI=1S/C11H19NO2/c1-3-4-10(13)7-12-8-11-9(2)5-6-14-11/h5-6,10,12-13H,3-4,7-8H2,1-2H3. The molecule has 80 valence electrons. The van der Waals surface area contributed by atoms with Gasteiger partial charge in [0, 0.05) is 6.54 Å². The average Bonchev–Trinajstić information content (AvgIpc) is 2.52. The highest BCUT2D eigenvalue weighted by molar-refractivity contribution is 5.13. The van der Waals surface area contributed by atoms with E-state index < -0.39 is 0 Å². The van der Waals surface area contributed by atoms with Gasteiger partial charge in [-0.1, -0.05) is 13.3 Å². The highest BCUT2D eigenvalue weighted by Crippen LogP contribution is 2.07. The summed E-state index contributed by atoms with van der Waals surface area (Å²) in [5.41, 5.74) is 1.16. The fraction of sp³-hybridized carbons (Fsp3) is 0.636. The molecule has 0 radical (unpaired) electrons. The second kappa shape index (κ2) is 5.83. The molecule has 0 aliphatic carbocycles. The maximum Gasteiger partial charge on any atom is 0.120 e. The van der Waals surface area contributed by atoms with Gasteiger partial charge in [-0.2, -0.15) is 0 Å². The first-order valence-electron chi connectivity index (χ1n) is 5.15. The van der Waals surface area contributed by atoms with Crippen LogP contribution in [-0.4, -0.2) is 17.8 Å². The number of hydrogen-bond acceptors (Lipinski definition) is 3. The maximum atomic E-state index is 9.45. The molecule has 0 aliphatic rings. The minimum atomic E-state index is -0.240. The summed E-state index contributed by atoms with van der Waals surface area (Å²) in [6.07, 6.45) is 3.32. The molecule has 0 amide bonds. The molecule has 1 aromatic heterocycles. The Labute approximate surface area is 85.1 Å². The van der Waals surface area contributed by atoms with Crippen molar-refractivity contribution in [1.29, 1.82) is 0 Å². The first-order valence-corrected chi connectivity index (χ1v) is 5.15. The summed E-state index contributed by atoms with van der Waals surface area (Å²) < 4.78 is 5.26. The molecule has 1 heterocycles. The van der Waals surface area contributed by atoms with E-state index in [4.69, 9.17) is 4.42 Å². The lowest BCUT2D eigenvalue weighted by molar-refractivity contribution is 0.159. The second-order valence-electron chi connectivity index (χ2n) is 3.60. The lowest BCUT2D eigenvalue weighted by Gasteiger charge is -2.09. The van der Waals surface area contributed by atoms with E-state index in [0.29, 0.717) is 13.1 Å². The highest BCUT2D eigenvalue weighted by Gasteiger charge is 2.04. The van der Waals surface area contributed by atoms with Crippen LogP contribution in [0.1, 0.15) is 31.1 Å². The third-order valence-corrected chi connectivity index (χ3v) is 2.26. The topological polar surface area (TPSA) is 45.4 Å². The van der Waals surface area contributed by atoms with Crippen molar-refractivity contribution in [3.63, 3.8) is 0 Å². The van der Waals surface area contributed by atoms with Gasteiger partial charge in [0.15, 0.2) is 0 Å². The minimum absolute atomic E-state index is 0.240. The first-order chi connectivity index (χ1) is 6.74. The summed E-state index contributed by atoms with van der Waals surface area (Å²) in [7, 11) is 0. The van der Waals surface area contributed by atoms with E-state index in [1.54, 1.807) is 6.26 Å². The van der Waals surface area contributed by atoms with Crippen LogP contribution in [0.15, 0.2) is 16.7 Å². The SMILES string of the molecule is CCCC(O)CNCc1occc1C. The Kier molecular flexibility index (Phi) is 4.70. The summed E-state index contributed by atoms with van der Waals surface area (Å²) in [6.45, 7) is 5.41. The maximum absolute atomic E-state index is 9.45. The van der Waals surface area contributed by atoms with Crippen molar-refractivity contribution in [2.24, 2.45) is 0 Å². The number of rotatable bonds is 6. The molecular weight excluding hydrogens is 178 g/mol. The molecule has 1 unspecified atom stereocenters. The predicted molar refractivity (Wildman–Crippen MR) is 56.1 cm³/mol. The Morgan fingerprint density at radius 3 is 2.93 bits per heavy atom. The monoisotopic (exact) mass is 197 g/mol. The van der Waals surface area contributed by atoms with E-state index in [1.165, 1.54) is 0 Å². The van der Waals surface area contributed by atoms with Gasteiger partial charge in [0.25, 0.3) is 0 Å². The molecular formula is C11H19NO2. The van der Waals surface area contributed by atoms with Gasteiger partial charge in [0.05, 0.1) is 18.9 Å². The van der Waals surface area contributed by atoms with Gasteiger partial charge in [0.1, 0.15) is 5.76 Å². The van der Waals surface area contributed by atoms with E-state index >= 15 is 0 Å². The van der Waals surface area contributed by atoms with Gasteiger partial charge < -0.3 is 14.8 Å².